The van der Waals surface area contributed by atoms with Gasteiger partial charge in [-0.05, 0) is 111 Å². The van der Waals surface area contributed by atoms with E-state index in [0.29, 0.717) is 0 Å². The van der Waals surface area contributed by atoms with Gasteiger partial charge in [0.25, 0.3) is 0 Å². The first-order chi connectivity index (χ1) is 22.1. The summed E-state index contributed by atoms with van der Waals surface area (Å²) in [5, 5.41) is 0. The molecule has 0 aromatic heterocycles. The Morgan fingerprint density at radius 2 is 1.07 bits per heavy atom. The summed E-state index contributed by atoms with van der Waals surface area (Å²) in [6.07, 6.45) is 0.979. The average Bonchev–Trinajstić information content (AvgIpc) is 3.72. The van der Waals surface area contributed by atoms with Gasteiger partial charge in [0.1, 0.15) is 0 Å². The lowest BCUT2D eigenvalue weighted by Gasteiger charge is -2.33. The molecular weight excluding hydrogens is 544 g/mol. The molecule has 0 N–H and O–H groups in total. The van der Waals surface area contributed by atoms with Crippen LogP contribution in [-0.2, 0) is 11.8 Å². The molecule has 0 fully saturated rings. The van der Waals surface area contributed by atoms with E-state index in [-0.39, 0.29) is 5.41 Å². The monoisotopic (exact) mass is 580 g/mol. The summed E-state index contributed by atoms with van der Waals surface area (Å²) in [6, 6.07) is 48.3. The molecule has 0 unspecified atom stereocenters. The maximum absolute atomic E-state index is 2.53. The van der Waals surface area contributed by atoms with E-state index in [4.69, 9.17) is 0 Å². The van der Waals surface area contributed by atoms with Crippen LogP contribution in [0.1, 0.15) is 47.2 Å². The molecule has 0 heterocycles. The largest absolute Gasteiger partial charge is 0.375 e. The highest BCUT2D eigenvalue weighted by Crippen LogP contribution is 2.63. The second-order valence-electron chi connectivity index (χ2n) is 12.7. The SMILES string of the molecule is CCN(C)c1ccc2c(c1)C1(c3ccccc3-c3ccccc31)c1cc(N(CC)c3cccc4c3Cc3ccccc3-4)ccc1-2. The summed E-state index contributed by atoms with van der Waals surface area (Å²) in [5.74, 6) is 0. The molecule has 2 heteroatoms. The van der Waals surface area contributed by atoms with Crippen molar-refractivity contribution in [2.24, 2.45) is 0 Å². The van der Waals surface area contributed by atoms with Crippen LogP contribution in [0.2, 0.25) is 0 Å². The lowest BCUT2D eigenvalue weighted by molar-refractivity contribution is 0.791. The normalized spacial score (nSPS) is 13.9. The summed E-state index contributed by atoms with van der Waals surface area (Å²) in [7, 11) is 2.20. The molecule has 3 aliphatic carbocycles. The van der Waals surface area contributed by atoms with Crippen LogP contribution >= 0.6 is 0 Å². The minimum Gasteiger partial charge on any atom is -0.375 e. The quantitative estimate of drug-likeness (QED) is 0.200. The lowest BCUT2D eigenvalue weighted by Crippen LogP contribution is -2.27. The molecular formula is C43H36N2. The van der Waals surface area contributed by atoms with Crippen molar-refractivity contribution in [1.29, 1.82) is 0 Å². The molecule has 0 saturated heterocycles. The van der Waals surface area contributed by atoms with Crippen LogP contribution in [-0.4, -0.2) is 20.1 Å². The van der Waals surface area contributed by atoms with Crippen molar-refractivity contribution >= 4 is 17.1 Å². The fraction of sp³-hybridized carbons (Fsp3) is 0.163. The van der Waals surface area contributed by atoms with Gasteiger partial charge in [-0.2, -0.15) is 0 Å². The number of anilines is 3. The van der Waals surface area contributed by atoms with Crippen molar-refractivity contribution in [3.63, 3.8) is 0 Å². The molecule has 6 aromatic carbocycles. The van der Waals surface area contributed by atoms with Crippen molar-refractivity contribution in [3.8, 4) is 33.4 Å². The van der Waals surface area contributed by atoms with Gasteiger partial charge in [-0.1, -0.05) is 97.1 Å². The zero-order valence-electron chi connectivity index (χ0n) is 26.1. The third kappa shape index (κ3) is 3.45. The molecule has 0 aliphatic heterocycles. The van der Waals surface area contributed by atoms with Crippen molar-refractivity contribution in [2.75, 3.05) is 29.9 Å². The van der Waals surface area contributed by atoms with Crippen LogP contribution in [0.5, 0.6) is 0 Å². The number of fused-ring (bicyclic) bond motifs is 13. The zero-order chi connectivity index (χ0) is 30.3. The molecule has 0 bridgehead atoms. The maximum atomic E-state index is 2.53. The van der Waals surface area contributed by atoms with Gasteiger partial charge in [0.05, 0.1) is 5.41 Å². The fourth-order valence-corrected chi connectivity index (χ4v) is 8.59. The van der Waals surface area contributed by atoms with Gasteiger partial charge < -0.3 is 9.80 Å². The van der Waals surface area contributed by atoms with Crippen LogP contribution < -0.4 is 9.80 Å². The Labute approximate surface area is 266 Å². The molecule has 3 aliphatic rings. The predicted octanol–water partition coefficient (Wildman–Crippen LogP) is 10.2. The first-order valence-corrected chi connectivity index (χ1v) is 16.3. The highest BCUT2D eigenvalue weighted by atomic mass is 15.1. The summed E-state index contributed by atoms with van der Waals surface area (Å²) >= 11 is 0. The third-order valence-corrected chi connectivity index (χ3v) is 10.7. The Hall–Kier alpha value is -5.08. The van der Waals surface area contributed by atoms with E-state index in [1.807, 2.05) is 0 Å². The van der Waals surface area contributed by atoms with E-state index < -0.39 is 0 Å². The third-order valence-electron chi connectivity index (χ3n) is 10.7. The summed E-state index contributed by atoms with van der Waals surface area (Å²) in [4.78, 5) is 4.88. The molecule has 6 aromatic rings. The minimum atomic E-state index is -0.368. The van der Waals surface area contributed by atoms with E-state index in [0.717, 1.165) is 19.5 Å². The Balaban J connectivity index is 1.29. The van der Waals surface area contributed by atoms with Gasteiger partial charge in [-0.3, -0.25) is 0 Å². The Bertz CT molecular complexity index is 2110. The molecule has 0 saturated carbocycles. The number of rotatable bonds is 5. The van der Waals surface area contributed by atoms with Gasteiger partial charge in [-0.25, -0.2) is 0 Å². The second-order valence-corrected chi connectivity index (χ2v) is 12.7. The highest BCUT2D eigenvalue weighted by Gasteiger charge is 2.52. The van der Waals surface area contributed by atoms with E-state index >= 15 is 0 Å². The number of benzene rings is 6. The molecule has 0 atom stereocenters. The van der Waals surface area contributed by atoms with Crippen molar-refractivity contribution in [2.45, 2.75) is 25.7 Å². The van der Waals surface area contributed by atoms with Gasteiger partial charge in [0, 0.05) is 43.6 Å². The van der Waals surface area contributed by atoms with Crippen molar-refractivity contribution in [1.82, 2.24) is 0 Å². The van der Waals surface area contributed by atoms with E-state index in [1.165, 1.54) is 83.8 Å². The van der Waals surface area contributed by atoms with Crippen molar-refractivity contribution in [3.05, 3.63) is 161 Å². The van der Waals surface area contributed by atoms with Crippen LogP contribution in [0.3, 0.4) is 0 Å². The molecule has 0 radical (unpaired) electrons. The average molecular weight is 581 g/mol. The highest BCUT2D eigenvalue weighted by molar-refractivity contribution is 5.96. The molecule has 218 valence electrons. The maximum Gasteiger partial charge on any atom is 0.0727 e. The number of hydrogen-bond acceptors (Lipinski definition) is 2. The Morgan fingerprint density at radius 3 is 1.73 bits per heavy atom. The summed E-state index contributed by atoms with van der Waals surface area (Å²) in [6.45, 7) is 6.37. The van der Waals surface area contributed by atoms with Crippen LogP contribution in [0.4, 0.5) is 17.1 Å². The summed E-state index contributed by atoms with van der Waals surface area (Å²) < 4.78 is 0. The van der Waals surface area contributed by atoms with Crippen LogP contribution in [0.25, 0.3) is 33.4 Å². The Morgan fingerprint density at radius 1 is 0.511 bits per heavy atom. The standard InChI is InChI=1S/C43H36N2/c1-4-44(3)29-21-23-35-36-24-22-30(45(5-2)42-20-12-17-32-31-14-7-6-13-28(31)25-37(32)42)27-41(36)43(40(35)26-29)38-18-10-8-15-33(38)34-16-9-11-19-39(34)43/h6-24,26-27H,4-5,25H2,1-3H3. The second kappa shape index (κ2) is 9.71. The first kappa shape index (κ1) is 26.3. The van der Waals surface area contributed by atoms with Gasteiger partial charge in [0.2, 0.25) is 0 Å². The van der Waals surface area contributed by atoms with Gasteiger partial charge >= 0.3 is 0 Å². The van der Waals surface area contributed by atoms with Crippen LogP contribution in [0, 0.1) is 0 Å². The zero-order valence-corrected chi connectivity index (χ0v) is 26.1. The molecule has 1 spiro atoms. The Kier molecular flexibility index (Phi) is 5.68. The van der Waals surface area contributed by atoms with E-state index in [2.05, 4.69) is 158 Å². The number of hydrogen-bond donors (Lipinski definition) is 0. The first-order valence-electron chi connectivity index (χ1n) is 16.3. The summed E-state index contributed by atoms with van der Waals surface area (Å²) in [5.41, 5.74) is 20.0. The minimum absolute atomic E-state index is 0.368. The molecule has 0 amide bonds. The van der Waals surface area contributed by atoms with Crippen LogP contribution in [0.15, 0.2) is 127 Å². The van der Waals surface area contributed by atoms with E-state index in [1.54, 1.807) is 0 Å². The molecule has 45 heavy (non-hydrogen) atoms. The van der Waals surface area contributed by atoms with Gasteiger partial charge in [-0.15, -0.1) is 0 Å². The predicted molar refractivity (Wildman–Crippen MR) is 189 cm³/mol. The van der Waals surface area contributed by atoms with E-state index in [9.17, 15) is 0 Å². The van der Waals surface area contributed by atoms with Gasteiger partial charge in [0.15, 0.2) is 0 Å². The van der Waals surface area contributed by atoms with Crippen molar-refractivity contribution < 1.29 is 0 Å². The smallest absolute Gasteiger partial charge is 0.0727 e. The molecule has 2 nitrogen and oxygen atoms in total. The lowest BCUT2D eigenvalue weighted by atomic mass is 9.70. The molecule has 9 rings (SSSR count). The topological polar surface area (TPSA) is 6.48 Å². The number of nitrogens with zero attached hydrogens (tertiary/aromatic N) is 2. The fourth-order valence-electron chi connectivity index (χ4n) is 8.59.